The number of hydrogen-bond donors (Lipinski definition) is 3. The van der Waals surface area contributed by atoms with Gasteiger partial charge in [-0.3, -0.25) is 9.69 Å². The lowest BCUT2D eigenvalue weighted by molar-refractivity contribution is 0.0332. The molecule has 0 unspecified atom stereocenters. The van der Waals surface area contributed by atoms with Crippen molar-refractivity contribution in [1.82, 2.24) is 14.9 Å². The quantitative estimate of drug-likeness (QED) is 0.527. The SMILES string of the molecule is Cl.Cl.Cl.NCc1cccc(C(=O)Nc2ccc3nc(CN4CCOCC4)[nH]c3c2)c1. The van der Waals surface area contributed by atoms with Gasteiger partial charge in [0.2, 0.25) is 0 Å². The molecule has 3 aromatic rings. The Hall–Kier alpha value is -1.87. The van der Waals surface area contributed by atoms with Crippen molar-refractivity contribution in [3.05, 3.63) is 59.4 Å². The fraction of sp³-hybridized carbons (Fsp3) is 0.300. The van der Waals surface area contributed by atoms with Gasteiger partial charge in [0.15, 0.2) is 0 Å². The van der Waals surface area contributed by atoms with Crippen LogP contribution in [0.15, 0.2) is 42.5 Å². The summed E-state index contributed by atoms with van der Waals surface area (Å²) in [6.45, 7) is 4.54. The molecule has 2 aromatic carbocycles. The summed E-state index contributed by atoms with van der Waals surface area (Å²) in [5.41, 5.74) is 9.70. The van der Waals surface area contributed by atoms with Crippen molar-refractivity contribution >= 4 is 59.8 Å². The normalized spacial score (nSPS) is 13.6. The predicted octanol–water partition coefficient (Wildman–Crippen LogP) is 3.37. The van der Waals surface area contributed by atoms with E-state index in [4.69, 9.17) is 10.5 Å². The number of ether oxygens (including phenoxy) is 1. The molecule has 1 aliphatic heterocycles. The van der Waals surface area contributed by atoms with Crippen molar-refractivity contribution in [2.24, 2.45) is 5.73 Å². The molecule has 0 atom stereocenters. The highest BCUT2D eigenvalue weighted by molar-refractivity contribution is 6.05. The van der Waals surface area contributed by atoms with E-state index in [-0.39, 0.29) is 43.1 Å². The second kappa shape index (κ2) is 12.1. The number of nitrogens with one attached hydrogen (secondary N) is 2. The Balaban J connectivity index is 0.00000150. The van der Waals surface area contributed by atoms with Crippen LogP contribution in [0.4, 0.5) is 5.69 Å². The van der Waals surface area contributed by atoms with Gasteiger partial charge in [-0.25, -0.2) is 4.98 Å². The zero-order valence-corrected chi connectivity index (χ0v) is 18.7. The fourth-order valence-corrected chi connectivity index (χ4v) is 3.23. The summed E-state index contributed by atoms with van der Waals surface area (Å²) in [4.78, 5) is 22.8. The van der Waals surface area contributed by atoms with Crippen molar-refractivity contribution in [3.63, 3.8) is 0 Å². The Morgan fingerprint density at radius 3 is 2.63 bits per heavy atom. The van der Waals surface area contributed by atoms with E-state index in [9.17, 15) is 4.79 Å². The highest BCUT2D eigenvalue weighted by Crippen LogP contribution is 2.19. The number of carbonyl (C=O) groups excluding carboxylic acids is 1. The second-order valence-corrected chi connectivity index (χ2v) is 6.66. The van der Waals surface area contributed by atoms with E-state index in [2.05, 4.69) is 20.2 Å². The van der Waals surface area contributed by atoms with Gasteiger partial charge in [0, 0.05) is 30.9 Å². The van der Waals surface area contributed by atoms with E-state index in [1.165, 1.54) is 0 Å². The standard InChI is InChI=1S/C20H23N5O2.3ClH/c21-12-14-2-1-3-15(10-14)20(26)22-16-4-5-17-18(11-16)24-19(23-17)13-25-6-8-27-9-7-25;;;/h1-5,10-11H,6-9,12-13,21H2,(H,22,26)(H,23,24);3*1H. The van der Waals surface area contributed by atoms with Gasteiger partial charge in [-0.2, -0.15) is 0 Å². The molecule has 0 aliphatic carbocycles. The molecular formula is C20H26Cl3N5O2. The highest BCUT2D eigenvalue weighted by atomic mass is 35.5. The number of anilines is 1. The molecule has 30 heavy (non-hydrogen) atoms. The maximum absolute atomic E-state index is 12.5. The van der Waals surface area contributed by atoms with Crippen LogP contribution in [-0.2, 0) is 17.8 Å². The van der Waals surface area contributed by atoms with Gasteiger partial charge in [-0.05, 0) is 35.9 Å². The van der Waals surface area contributed by atoms with E-state index in [1.807, 2.05) is 36.4 Å². The number of aromatic amines is 1. The van der Waals surface area contributed by atoms with E-state index >= 15 is 0 Å². The molecule has 0 saturated carbocycles. The van der Waals surface area contributed by atoms with Gasteiger partial charge in [-0.1, -0.05) is 12.1 Å². The Morgan fingerprint density at radius 1 is 1.13 bits per heavy atom. The molecule has 1 aromatic heterocycles. The summed E-state index contributed by atoms with van der Waals surface area (Å²) in [6, 6.07) is 13.0. The zero-order valence-electron chi connectivity index (χ0n) is 16.3. The Morgan fingerprint density at radius 2 is 1.90 bits per heavy atom. The third-order valence-corrected chi connectivity index (χ3v) is 4.69. The van der Waals surface area contributed by atoms with Crippen LogP contribution in [0.3, 0.4) is 0 Å². The zero-order chi connectivity index (χ0) is 18.6. The number of aromatic nitrogens is 2. The molecule has 0 spiro atoms. The maximum atomic E-state index is 12.5. The molecule has 0 bridgehead atoms. The first-order chi connectivity index (χ1) is 13.2. The van der Waals surface area contributed by atoms with E-state index in [1.54, 1.807) is 6.07 Å². The second-order valence-electron chi connectivity index (χ2n) is 6.66. The summed E-state index contributed by atoms with van der Waals surface area (Å²) in [6.07, 6.45) is 0. The van der Waals surface area contributed by atoms with Crippen molar-refractivity contribution in [2.45, 2.75) is 13.1 Å². The molecule has 4 rings (SSSR count). The van der Waals surface area contributed by atoms with Crippen LogP contribution >= 0.6 is 37.2 Å². The first-order valence-corrected chi connectivity index (χ1v) is 9.10. The predicted molar refractivity (Wildman–Crippen MR) is 126 cm³/mol. The topological polar surface area (TPSA) is 96.3 Å². The molecule has 2 heterocycles. The Kier molecular flexibility index (Phi) is 10.6. The smallest absolute Gasteiger partial charge is 0.255 e. The van der Waals surface area contributed by atoms with E-state index in [0.29, 0.717) is 12.1 Å². The fourth-order valence-electron chi connectivity index (χ4n) is 3.23. The molecule has 164 valence electrons. The summed E-state index contributed by atoms with van der Waals surface area (Å²) in [5.74, 6) is 0.767. The summed E-state index contributed by atoms with van der Waals surface area (Å²) < 4.78 is 5.38. The van der Waals surface area contributed by atoms with Crippen molar-refractivity contribution in [1.29, 1.82) is 0 Å². The molecule has 10 heteroatoms. The number of fused-ring (bicyclic) bond motifs is 1. The van der Waals surface area contributed by atoms with Gasteiger partial charge in [0.05, 0.1) is 30.8 Å². The van der Waals surface area contributed by atoms with Gasteiger partial charge >= 0.3 is 0 Å². The third kappa shape index (κ3) is 6.31. The first-order valence-electron chi connectivity index (χ1n) is 9.10. The molecular weight excluding hydrogens is 449 g/mol. The van der Waals surface area contributed by atoms with Crippen LogP contribution in [-0.4, -0.2) is 47.1 Å². The van der Waals surface area contributed by atoms with E-state index < -0.39 is 0 Å². The number of morpholine rings is 1. The minimum absolute atomic E-state index is 0. The van der Waals surface area contributed by atoms with Crippen LogP contribution in [0.25, 0.3) is 11.0 Å². The van der Waals surface area contributed by atoms with Crippen LogP contribution in [0.1, 0.15) is 21.7 Å². The first kappa shape index (κ1) is 26.2. The number of amides is 1. The number of halogens is 3. The number of carbonyl (C=O) groups is 1. The average Bonchev–Trinajstić information content (AvgIpc) is 3.10. The van der Waals surface area contributed by atoms with Gasteiger partial charge < -0.3 is 20.8 Å². The lowest BCUT2D eigenvalue weighted by atomic mass is 10.1. The Labute approximate surface area is 194 Å². The molecule has 0 radical (unpaired) electrons. The van der Waals surface area contributed by atoms with Crippen LogP contribution in [0.5, 0.6) is 0 Å². The summed E-state index contributed by atoms with van der Waals surface area (Å²) in [7, 11) is 0. The average molecular weight is 475 g/mol. The van der Waals surface area contributed by atoms with Gasteiger partial charge in [0.25, 0.3) is 5.91 Å². The van der Waals surface area contributed by atoms with Gasteiger partial charge in [-0.15, -0.1) is 37.2 Å². The summed E-state index contributed by atoms with van der Waals surface area (Å²) in [5, 5.41) is 2.94. The number of hydrogen-bond acceptors (Lipinski definition) is 5. The minimum Gasteiger partial charge on any atom is -0.379 e. The lowest BCUT2D eigenvalue weighted by Gasteiger charge is -2.25. The monoisotopic (exact) mass is 473 g/mol. The molecule has 1 saturated heterocycles. The lowest BCUT2D eigenvalue weighted by Crippen LogP contribution is -2.35. The number of nitrogens with two attached hydrogens (primary N) is 1. The number of nitrogens with zero attached hydrogens (tertiary/aromatic N) is 2. The molecule has 1 aliphatic rings. The largest absolute Gasteiger partial charge is 0.379 e. The maximum Gasteiger partial charge on any atom is 0.255 e. The molecule has 7 nitrogen and oxygen atoms in total. The number of imidazole rings is 1. The van der Waals surface area contributed by atoms with Crippen molar-refractivity contribution < 1.29 is 9.53 Å². The molecule has 1 amide bonds. The third-order valence-electron chi connectivity index (χ3n) is 4.69. The van der Waals surface area contributed by atoms with Crippen LogP contribution in [0, 0.1) is 0 Å². The van der Waals surface area contributed by atoms with Crippen LogP contribution < -0.4 is 11.1 Å². The molecule has 4 N–H and O–H groups in total. The Bertz CT molecular complexity index is 961. The number of rotatable bonds is 5. The van der Waals surface area contributed by atoms with Crippen LogP contribution in [0.2, 0.25) is 0 Å². The van der Waals surface area contributed by atoms with Gasteiger partial charge in [0.1, 0.15) is 5.82 Å². The highest BCUT2D eigenvalue weighted by Gasteiger charge is 2.13. The number of benzene rings is 2. The number of H-pyrrole nitrogens is 1. The van der Waals surface area contributed by atoms with E-state index in [0.717, 1.165) is 61.0 Å². The van der Waals surface area contributed by atoms with Crippen molar-refractivity contribution in [3.8, 4) is 0 Å². The van der Waals surface area contributed by atoms with Crippen molar-refractivity contribution in [2.75, 3.05) is 31.6 Å². The minimum atomic E-state index is -0.155. The molecule has 1 fully saturated rings. The summed E-state index contributed by atoms with van der Waals surface area (Å²) >= 11 is 0.